The number of hydrogen-bond acceptors (Lipinski definition) is 3. The molecule has 5 nitrogen and oxygen atoms in total. The average Bonchev–Trinajstić information content (AvgIpc) is 2.81. The summed E-state index contributed by atoms with van der Waals surface area (Å²) >= 11 is 5.66. The van der Waals surface area contributed by atoms with Gasteiger partial charge in [0.2, 0.25) is 5.91 Å². The van der Waals surface area contributed by atoms with E-state index in [-0.39, 0.29) is 24.6 Å². The van der Waals surface area contributed by atoms with Crippen LogP contribution in [0, 0.1) is 6.92 Å². The fraction of sp³-hybridized carbons (Fsp3) is 0.733. The minimum absolute atomic E-state index is 0.0570. The highest BCUT2D eigenvalue weighted by Crippen LogP contribution is 2.35. The number of nitrogens with zero attached hydrogens (tertiary/aromatic N) is 3. The van der Waals surface area contributed by atoms with Crippen LogP contribution in [0.4, 0.5) is 13.2 Å². The van der Waals surface area contributed by atoms with E-state index in [1.54, 1.807) is 0 Å². The number of alkyl halides is 3. The van der Waals surface area contributed by atoms with E-state index in [0.29, 0.717) is 6.54 Å². The van der Waals surface area contributed by atoms with Crippen molar-refractivity contribution in [2.75, 3.05) is 26.2 Å². The van der Waals surface area contributed by atoms with Gasteiger partial charge < -0.3 is 10.2 Å². The average molecular weight is 369 g/mol. The number of aromatic nitrogens is 2. The Hall–Kier alpha value is -1.28. The molecule has 0 fully saturated rings. The van der Waals surface area contributed by atoms with Gasteiger partial charge in [0, 0.05) is 13.0 Å². The number of rotatable bonds is 9. The van der Waals surface area contributed by atoms with Crippen LogP contribution in [0.2, 0.25) is 5.02 Å². The van der Waals surface area contributed by atoms with E-state index in [1.807, 2.05) is 0 Å². The summed E-state index contributed by atoms with van der Waals surface area (Å²) in [4.78, 5) is 14.0. The van der Waals surface area contributed by atoms with Gasteiger partial charge in [0.05, 0.1) is 17.3 Å². The van der Waals surface area contributed by atoms with E-state index in [1.165, 1.54) is 6.92 Å². The van der Waals surface area contributed by atoms with Gasteiger partial charge in [-0.3, -0.25) is 9.48 Å². The third kappa shape index (κ3) is 5.98. The van der Waals surface area contributed by atoms with Crippen LogP contribution in [-0.2, 0) is 17.5 Å². The van der Waals surface area contributed by atoms with Crippen LogP contribution in [0.3, 0.4) is 0 Å². The third-order valence-corrected chi connectivity index (χ3v) is 4.27. The first-order valence-electron chi connectivity index (χ1n) is 7.99. The predicted molar refractivity (Wildman–Crippen MR) is 87.0 cm³/mol. The Balaban J connectivity index is 2.43. The molecule has 0 aliphatic rings. The molecule has 0 atom stereocenters. The molecule has 0 saturated heterocycles. The second-order valence-electron chi connectivity index (χ2n) is 5.45. The van der Waals surface area contributed by atoms with Gasteiger partial charge in [-0.15, -0.1) is 0 Å². The van der Waals surface area contributed by atoms with Crippen LogP contribution in [0.15, 0.2) is 0 Å². The highest BCUT2D eigenvalue weighted by atomic mass is 35.5. The van der Waals surface area contributed by atoms with Gasteiger partial charge >= 0.3 is 6.18 Å². The van der Waals surface area contributed by atoms with Crippen molar-refractivity contribution >= 4 is 17.5 Å². The molecule has 1 heterocycles. The lowest BCUT2D eigenvalue weighted by Gasteiger charge is -2.17. The van der Waals surface area contributed by atoms with Crippen molar-refractivity contribution in [2.24, 2.45) is 0 Å². The molecule has 0 radical (unpaired) electrons. The maximum atomic E-state index is 12.7. The molecule has 24 heavy (non-hydrogen) atoms. The quantitative estimate of drug-likeness (QED) is 0.681. The topological polar surface area (TPSA) is 50.2 Å². The number of carbonyl (C=O) groups excluding carboxylic acids is 1. The largest absolute Gasteiger partial charge is 0.436 e. The molecule has 1 amide bonds. The summed E-state index contributed by atoms with van der Waals surface area (Å²) in [5.41, 5.74) is -0.903. The molecule has 1 aromatic heterocycles. The molecule has 1 aromatic rings. The molecule has 138 valence electrons. The summed E-state index contributed by atoms with van der Waals surface area (Å²) in [7, 11) is 0. The first-order valence-corrected chi connectivity index (χ1v) is 8.37. The molecule has 0 saturated carbocycles. The maximum Gasteiger partial charge on any atom is 0.436 e. The lowest BCUT2D eigenvalue weighted by Crippen LogP contribution is -2.30. The van der Waals surface area contributed by atoms with Gasteiger partial charge in [-0.1, -0.05) is 25.4 Å². The van der Waals surface area contributed by atoms with Gasteiger partial charge in [-0.2, -0.15) is 18.3 Å². The minimum Gasteiger partial charge on any atom is -0.356 e. The van der Waals surface area contributed by atoms with Gasteiger partial charge in [0.25, 0.3) is 0 Å². The summed E-state index contributed by atoms with van der Waals surface area (Å²) in [6.07, 6.45) is -3.71. The van der Waals surface area contributed by atoms with E-state index in [0.717, 1.165) is 30.7 Å². The number of hydrogen-bond donors (Lipinski definition) is 1. The molecular formula is C15H24ClF3N4O. The molecule has 0 bridgehead atoms. The Kier molecular flexibility index (Phi) is 8.02. The normalized spacial score (nSPS) is 12.0. The number of aryl methyl sites for hydroxylation is 1. The van der Waals surface area contributed by atoms with Gasteiger partial charge in [0.1, 0.15) is 0 Å². The van der Waals surface area contributed by atoms with E-state index in [2.05, 4.69) is 29.2 Å². The first kappa shape index (κ1) is 20.8. The van der Waals surface area contributed by atoms with E-state index < -0.39 is 16.9 Å². The van der Waals surface area contributed by atoms with Crippen molar-refractivity contribution in [2.45, 2.75) is 46.3 Å². The Morgan fingerprint density at radius 1 is 1.33 bits per heavy atom. The van der Waals surface area contributed by atoms with Crippen molar-refractivity contribution in [3.05, 3.63) is 16.4 Å². The van der Waals surface area contributed by atoms with Crippen molar-refractivity contribution in [1.29, 1.82) is 0 Å². The highest BCUT2D eigenvalue weighted by molar-refractivity contribution is 6.31. The fourth-order valence-electron chi connectivity index (χ4n) is 2.29. The number of carbonyl (C=O) groups is 1. The lowest BCUT2D eigenvalue weighted by molar-refractivity contribution is -0.141. The summed E-state index contributed by atoms with van der Waals surface area (Å²) < 4.78 is 39.3. The Bertz CT molecular complexity index is 542. The molecule has 1 rings (SSSR count). The molecule has 0 aliphatic carbocycles. The van der Waals surface area contributed by atoms with Crippen LogP contribution in [0.25, 0.3) is 0 Å². The second-order valence-corrected chi connectivity index (χ2v) is 5.83. The van der Waals surface area contributed by atoms with Gasteiger partial charge in [0.15, 0.2) is 5.69 Å². The monoisotopic (exact) mass is 368 g/mol. The zero-order chi connectivity index (χ0) is 18.3. The zero-order valence-electron chi connectivity index (χ0n) is 14.2. The standard InChI is InChI=1S/C15H24ClF3N4O/c1-4-22(5-2)9-6-8-20-12(24)7-10-23-11(3)13(16)14(21-23)15(17,18)19/h4-10H2,1-3H3,(H,20,24). The Morgan fingerprint density at radius 2 is 1.96 bits per heavy atom. The van der Waals surface area contributed by atoms with Crippen LogP contribution in [0.5, 0.6) is 0 Å². The lowest BCUT2D eigenvalue weighted by atomic mass is 10.3. The zero-order valence-corrected chi connectivity index (χ0v) is 15.0. The van der Waals surface area contributed by atoms with Gasteiger partial charge in [-0.25, -0.2) is 0 Å². The van der Waals surface area contributed by atoms with Crippen molar-refractivity contribution in [3.63, 3.8) is 0 Å². The predicted octanol–water partition coefficient (Wildman–Crippen LogP) is 3.10. The highest BCUT2D eigenvalue weighted by Gasteiger charge is 2.38. The summed E-state index contributed by atoms with van der Waals surface area (Å²) in [6, 6.07) is 0. The molecule has 9 heteroatoms. The second kappa shape index (κ2) is 9.27. The van der Waals surface area contributed by atoms with Crippen molar-refractivity contribution in [1.82, 2.24) is 20.0 Å². The van der Waals surface area contributed by atoms with Crippen LogP contribution < -0.4 is 5.32 Å². The molecule has 1 N–H and O–H groups in total. The summed E-state index contributed by atoms with van der Waals surface area (Å²) in [5.74, 6) is -0.214. The molecule has 0 spiro atoms. The molecule has 0 aliphatic heterocycles. The van der Waals surface area contributed by atoms with E-state index in [9.17, 15) is 18.0 Å². The molecule has 0 aromatic carbocycles. The smallest absolute Gasteiger partial charge is 0.356 e. The molecular weight excluding hydrogens is 345 g/mol. The number of amides is 1. The Morgan fingerprint density at radius 3 is 2.46 bits per heavy atom. The minimum atomic E-state index is -4.60. The number of nitrogens with one attached hydrogen (secondary N) is 1. The summed E-state index contributed by atoms with van der Waals surface area (Å²) in [6.45, 7) is 9.04. The first-order chi connectivity index (χ1) is 11.2. The summed E-state index contributed by atoms with van der Waals surface area (Å²) in [5, 5.41) is 5.82. The third-order valence-electron chi connectivity index (χ3n) is 3.82. The van der Waals surface area contributed by atoms with Crippen LogP contribution >= 0.6 is 11.6 Å². The number of halogens is 4. The molecule has 0 unspecified atom stereocenters. The van der Waals surface area contributed by atoms with E-state index in [4.69, 9.17) is 11.6 Å². The van der Waals surface area contributed by atoms with Crippen molar-refractivity contribution < 1.29 is 18.0 Å². The fourth-order valence-corrected chi connectivity index (χ4v) is 2.53. The van der Waals surface area contributed by atoms with E-state index >= 15 is 0 Å². The maximum absolute atomic E-state index is 12.7. The van der Waals surface area contributed by atoms with Gasteiger partial charge in [-0.05, 0) is 33.0 Å². The Labute approximate surface area is 145 Å². The SMILES string of the molecule is CCN(CC)CCCNC(=O)CCn1nc(C(F)(F)F)c(Cl)c1C. The van der Waals surface area contributed by atoms with Crippen molar-refractivity contribution in [3.8, 4) is 0 Å². The van der Waals surface area contributed by atoms with Crippen LogP contribution in [-0.4, -0.2) is 46.8 Å². The van der Waals surface area contributed by atoms with Crippen LogP contribution in [0.1, 0.15) is 38.1 Å².